The van der Waals surface area contributed by atoms with Crippen LogP contribution in [0.5, 0.6) is 11.5 Å². The van der Waals surface area contributed by atoms with Gasteiger partial charge in [-0.3, -0.25) is 9.79 Å². The van der Waals surface area contributed by atoms with Crippen LogP contribution < -0.4 is 25.4 Å². The van der Waals surface area contributed by atoms with Crippen molar-refractivity contribution in [2.24, 2.45) is 4.99 Å². The molecule has 2 rings (SSSR count). The summed E-state index contributed by atoms with van der Waals surface area (Å²) in [7, 11) is 3.40. The molecular weight excluding hydrogens is 356 g/mol. The van der Waals surface area contributed by atoms with E-state index in [1.54, 1.807) is 20.2 Å². The number of anilines is 1. The Morgan fingerprint density at radius 2 is 1.79 bits per heavy atom. The largest absolute Gasteiger partial charge is 0.497 e. The average molecular weight is 384 g/mol. The molecule has 0 aliphatic heterocycles. The Morgan fingerprint density at radius 1 is 1.04 bits per heavy atom. The summed E-state index contributed by atoms with van der Waals surface area (Å²) in [5, 5.41) is 9.23. The third-order valence-corrected chi connectivity index (χ3v) is 3.91. The number of carbonyl (C=O) groups is 1. The van der Waals surface area contributed by atoms with Gasteiger partial charge in [-0.05, 0) is 36.2 Å². The lowest BCUT2D eigenvalue weighted by Crippen LogP contribution is -2.40. The highest BCUT2D eigenvalue weighted by Crippen LogP contribution is 2.17. The molecule has 150 valence electrons. The molecule has 0 unspecified atom stereocenters. The maximum atomic E-state index is 11.1. The quantitative estimate of drug-likeness (QED) is 0.351. The number of carbonyl (C=O) groups excluding carboxylic acids is 1. The van der Waals surface area contributed by atoms with Gasteiger partial charge in [-0.25, -0.2) is 0 Å². The first kappa shape index (κ1) is 21.1. The molecule has 0 spiro atoms. The van der Waals surface area contributed by atoms with E-state index >= 15 is 0 Å². The van der Waals surface area contributed by atoms with Crippen LogP contribution in [-0.4, -0.2) is 45.7 Å². The van der Waals surface area contributed by atoms with Gasteiger partial charge < -0.3 is 25.4 Å². The molecule has 7 nitrogen and oxygen atoms in total. The van der Waals surface area contributed by atoms with Crippen LogP contribution in [0.4, 0.5) is 5.69 Å². The first-order valence-electron chi connectivity index (χ1n) is 9.18. The summed E-state index contributed by atoms with van der Waals surface area (Å²) in [6.45, 7) is 3.33. The molecule has 28 heavy (non-hydrogen) atoms. The van der Waals surface area contributed by atoms with Crippen LogP contribution >= 0.6 is 0 Å². The zero-order chi connectivity index (χ0) is 20.2. The molecule has 0 aliphatic rings. The van der Waals surface area contributed by atoms with Gasteiger partial charge in [0.15, 0.2) is 5.96 Å². The fourth-order valence-corrected chi connectivity index (χ4v) is 2.54. The van der Waals surface area contributed by atoms with E-state index in [0.717, 1.165) is 24.7 Å². The highest BCUT2D eigenvalue weighted by molar-refractivity contribution is 5.88. The van der Waals surface area contributed by atoms with Crippen LogP contribution in [0.2, 0.25) is 0 Å². The Hall–Kier alpha value is -3.22. The lowest BCUT2D eigenvalue weighted by atomic mass is 10.1. The van der Waals surface area contributed by atoms with E-state index < -0.39 is 0 Å². The Balaban J connectivity index is 1.67. The van der Waals surface area contributed by atoms with Crippen LogP contribution in [0.15, 0.2) is 53.5 Å². The van der Waals surface area contributed by atoms with Gasteiger partial charge in [-0.2, -0.15) is 0 Å². The predicted octanol–water partition coefficient (Wildman–Crippen LogP) is 2.44. The Morgan fingerprint density at radius 3 is 2.46 bits per heavy atom. The van der Waals surface area contributed by atoms with Crippen LogP contribution in [0.1, 0.15) is 12.5 Å². The van der Waals surface area contributed by atoms with Gasteiger partial charge in [-0.1, -0.05) is 18.2 Å². The molecule has 0 atom stereocenters. The second-order valence-corrected chi connectivity index (χ2v) is 6.08. The molecule has 1 amide bonds. The van der Waals surface area contributed by atoms with Crippen molar-refractivity contribution in [3.8, 4) is 11.5 Å². The number of hydrogen-bond acceptors (Lipinski definition) is 4. The van der Waals surface area contributed by atoms with Gasteiger partial charge in [0.1, 0.15) is 18.1 Å². The number of benzene rings is 2. The summed E-state index contributed by atoms with van der Waals surface area (Å²) in [5.74, 6) is 2.18. The van der Waals surface area contributed by atoms with Crippen LogP contribution in [0, 0.1) is 0 Å². The highest BCUT2D eigenvalue weighted by atomic mass is 16.5. The maximum Gasteiger partial charge on any atom is 0.221 e. The number of guanidine groups is 1. The average Bonchev–Trinajstić information content (AvgIpc) is 2.70. The van der Waals surface area contributed by atoms with E-state index in [4.69, 9.17) is 9.47 Å². The van der Waals surface area contributed by atoms with Crippen molar-refractivity contribution in [1.29, 1.82) is 0 Å². The number of nitrogens with one attached hydrogen (secondary N) is 3. The molecule has 0 aromatic heterocycles. The summed E-state index contributed by atoms with van der Waals surface area (Å²) in [4.78, 5) is 15.3. The number of methoxy groups -OCH3 is 1. The van der Waals surface area contributed by atoms with Gasteiger partial charge in [0, 0.05) is 32.3 Å². The highest BCUT2D eigenvalue weighted by Gasteiger charge is 2.01. The molecule has 0 radical (unpaired) electrons. The van der Waals surface area contributed by atoms with E-state index in [2.05, 4.69) is 33.1 Å². The fourth-order valence-electron chi connectivity index (χ4n) is 2.54. The summed E-state index contributed by atoms with van der Waals surface area (Å²) in [6.07, 6.45) is 0.886. The SMILES string of the molecule is CN=C(NCCOc1cccc(NC(C)=O)c1)NCCc1ccc(OC)cc1. The zero-order valence-electron chi connectivity index (χ0n) is 16.6. The lowest BCUT2D eigenvalue weighted by molar-refractivity contribution is -0.114. The van der Waals surface area contributed by atoms with Crippen LogP contribution in [0.25, 0.3) is 0 Å². The molecule has 0 aliphatic carbocycles. The standard InChI is InChI=1S/C21H28N4O3/c1-16(26)25-18-5-4-6-20(15-18)28-14-13-24-21(22-2)23-12-11-17-7-9-19(27-3)10-8-17/h4-10,15H,11-14H2,1-3H3,(H,25,26)(H2,22,23,24). The van der Waals surface area contributed by atoms with E-state index in [1.807, 2.05) is 30.3 Å². The van der Waals surface area contributed by atoms with Gasteiger partial charge in [0.2, 0.25) is 5.91 Å². The molecule has 7 heteroatoms. The number of amides is 1. The van der Waals surface area contributed by atoms with Gasteiger partial charge in [0.05, 0.1) is 13.7 Å². The van der Waals surface area contributed by atoms with Crippen molar-refractivity contribution in [1.82, 2.24) is 10.6 Å². The smallest absolute Gasteiger partial charge is 0.221 e. The van der Waals surface area contributed by atoms with Crippen LogP contribution in [0.3, 0.4) is 0 Å². The van der Waals surface area contributed by atoms with E-state index in [-0.39, 0.29) is 5.91 Å². The molecule has 0 bridgehead atoms. The molecule has 0 heterocycles. The third kappa shape index (κ3) is 7.57. The molecule has 2 aromatic rings. The minimum Gasteiger partial charge on any atom is -0.497 e. The van der Waals surface area contributed by atoms with Crippen molar-refractivity contribution >= 4 is 17.6 Å². The van der Waals surface area contributed by atoms with Crippen LogP contribution in [-0.2, 0) is 11.2 Å². The molecule has 0 saturated heterocycles. The van der Waals surface area contributed by atoms with E-state index in [0.29, 0.717) is 24.6 Å². The number of hydrogen-bond donors (Lipinski definition) is 3. The van der Waals surface area contributed by atoms with Crippen molar-refractivity contribution in [3.63, 3.8) is 0 Å². The first-order chi connectivity index (χ1) is 13.6. The summed E-state index contributed by atoms with van der Waals surface area (Å²) < 4.78 is 10.9. The number of rotatable bonds is 9. The molecule has 3 N–H and O–H groups in total. The zero-order valence-corrected chi connectivity index (χ0v) is 16.6. The Bertz CT molecular complexity index is 775. The predicted molar refractivity (Wildman–Crippen MR) is 112 cm³/mol. The van der Waals surface area contributed by atoms with Gasteiger partial charge >= 0.3 is 0 Å². The molecule has 2 aromatic carbocycles. The van der Waals surface area contributed by atoms with E-state index in [9.17, 15) is 4.79 Å². The Kier molecular flexibility index (Phi) is 8.65. The second-order valence-electron chi connectivity index (χ2n) is 6.08. The summed E-state index contributed by atoms with van der Waals surface area (Å²) >= 11 is 0. The molecule has 0 fully saturated rings. The summed E-state index contributed by atoms with van der Waals surface area (Å²) in [6, 6.07) is 15.3. The minimum absolute atomic E-state index is 0.108. The minimum atomic E-state index is -0.108. The lowest BCUT2D eigenvalue weighted by Gasteiger charge is -2.13. The van der Waals surface area contributed by atoms with E-state index in [1.165, 1.54) is 12.5 Å². The monoisotopic (exact) mass is 384 g/mol. The number of aliphatic imine (C=N–C) groups is 1. The maximum absolute atomic E-state index is 11.1. The second kappa shape index (κ2) is 11.5. The number of nitrogens with zero attached hydrogens (tertiary/aromatic N) is 1. The summed E-state index contributed by atoms with van der Waals surface area (Å²) in [5.41, 5.74) is 1.94. The topological polar surface area (TPSA) is 84.0 Å². The number of ether oxygens (including phenoxy) is 2. The van der Waals surface area contributed by atoms with Crippen molar-refractivity contribution in [2.75, 3.05) is 39.2 Å². The van der Waals surface area contributed by atoms with Crippen molar-refractivity contribution < 1.29 is 14.3 Å². The Labute approximate surface area is 166 Å². The van der Waals surface area contributed by atoms with Crippen molar-refractivity contribution in [2.45, 2.75) is 13.3 Å². The normalized spacial score (nSPS) is 10.9. The van der Waals surface area contributed by atoms with Crippen molar-refractivity contribution in [3.05, 3.63) is 54.1 Å². The molecule has 0 saturated carbocycles. The molecular formula is C21H28N4O3. The van der Waals surface area contributed by atoms with Gasteiger partial charge in [-0.15, -0.1) is 0 Å². The fraction of sp³-hybridized carbons (Fsp3) is 0.333. The third-order valence-electron chi connectivity index (χ3n) is 3.91. The first-order valence-corrected chi connectivity index (χ1v) is 9.18. The van der Waals surface area contributed by atoms with Gasteiger partial charge in [0.25, 0.3) is 0 Å².